The van der Waals surface area contributed by atoms with Crippen LogP contribution < -0.4 is 5.32 Å². The zero-order valence-electron chi connectivity index (χ0n) is 48.0. The summed E-state index contributed by atoms with van der Waals surface area (Å²) in [5.74, 6) is -0.0536. The van der Waals surface area contributed by atoms with Crippen molar-refractivity contribution < 1.29 is 24.5 Å². The maximum atomic E-state index is 12.5. The van der Waals surface area contributed by atoms with Crippen LogP contribution in [0.4, 0.5) is 0 Å². The Hall–Kier alpha value is -1.66. The summed E-state index contributed by atoms with van der Waals surface area (Å²) in [6.07, 6.45) is 75.1. The summed E-state index contributed by atoms with van der Waals surface area (Å²) in [5.41, 5.74) is 0. The number of carbonyl (C=O) groups excluding carboxylic acids is 2. The molecule has 0 radical (unpaired) electrons. The minimum absolute atomic E-state index is 0.0156. The van der Waals surface area contributed by atoms with Crippen molar-refractivity contribution in [2.24, 2.45) is 0 Å². The van der Waals surface area contributed by atoms with E-state index in [-0.39, 0.29) is 18.5 Å². The van der Waals surface area contributed by atoms with Crippen molar-refractivity contribution in [1.82, 2.24) is 5.32 Å². The van der Waals surface area contributed by atoms with E-state index in [0.717, 1.165) is 38.5 Å². The van der Waals surface area contributed by atoms with Crippen LogP contribution in [0.25, 0.3) is 0 Å². The Kier molecular flexibility index (Phi) is 59.5. The van der Waals surface area contributed by atoms with Crippen molar-refractivity contribution in [3.8, 4) is 0 Å². The van der Waals surface area contributed by atoms with E-state index in [9.17, 15) is 19.8 Å². The summed E-state index contributed by atoms with van der Waals surface area (Å²) in [6.45, 7) is 4.93. The second kappa shape index (κ2) is 60.9. The summed E-state index contributed by atoms with van der Waals surface area (Å²) in [7, 11) is 0. The minimum Gasteiger partial charge on any atom is -0.466 e. The fraction of sp³-hybridized carbons (Fsp3) is 0.908. The molecule has 0 aliphatic rings. The SMILES string of the molecule is CCCCCCCCCCCCCCC/C=C/C(O)C(CO)NC(=O)CCCCCCCCCCC/C=C\CCCCCCCCCCCCCCOC(=O)CCCCCCCCCCCCCCCC. The third-order valence-corrected chi connectivity index (χ3v) is 15.0. The van der Waals surface area contributed by atoms with Crippen molar-refractivity contribution in [1.29, 1.82) is 0 Å². The van der Waals surface area contributed by atoms with Crippen molar-refractivity contribution in [2.45, 2.75) is 366 Å². The maximum absolute atomic E-state index is 12.5. The topological polar surface area (TPSA) is 95.9 Å². The molecule has 1 amide bonds. The van der Waals surface area contributed by atoms with Crippen LogP contribution in [0.1, 0.15) is 354 Å². The molecular weight excluding hydrogens is 875 g/mol. The molecule has 6 heteroatoms. The van der Waals surface area contributed by atoms with Crippen molar-refractivity contribution in [3.05, 3.63) is 24.3 Å². The second-order valence-corrected chi connectivity index (χ2v) is 22.1. The van der Waals surface area contributed by atoms with E-state index in [1.807, 2.05) is 6.08 Å². The van der Waals surface area contributed by atoms with Crippen LogP contribution in [0.3, 0.4) is 0 Å². The number of unbranched alkanes of at least 4 members (excludes halogenated alkanes) is 47. The standard InChI is InChI=1S/C65H125NO5/c1-3-5-7-9-11-13-15-17-30-33-37-41-45-49-53-57-63(68)62(61-67)66-64(69)58-54-50-46-42-38-34-31-28-26-24-22-20-19-21-23-25-27-29-32-36-40-44-48-52-56-60-71-65(70)59-55-51-47-43-39-35-18-16-14-12-10-8-6-4-2/h20,22,53,57,62-63,67-68H,3-19,21,23-52,54-56,58-61H2,1-2H3,(H,66,69)/b22-20-,57-53+. The molecule has 0 heterocycles. The lowest BCUT2D eigenvalue weighted by molar-refractivity contribution is -0.143. The van der Waals surface area contributed by atoms with Crippen molar-refractivity contribution in [3.63, 3.8) is 0 Å². The van der Waals surface area contributed by atoms with Crippen LogP contribution in [-0.2, 0) is 14.3 Å². The molecular formula is C65H125NO5. The first-order valence-corrected chi connectivity index (χ1v) is 32.1. The molecule has 0 bridgehead atoms. The van der Waals surface area contributed by atoms with Crippen LogP contribution in [0.15, 0.2) is 24.3 Å². The molecule has 71 heavy (non-hydrogen) atoms. The van der Waals surface area contributed by atoms with Gasteiger partial charge in [-0.25, -0.2) is 0 Å². The lowest BCUT2D eigenvalue weighted by atomic mass is 10.0. The highest BCUT2D eigenvalue weighted by Gasteiger charge is 2.18. The van der Waals surface area contributed by atoms with Gasteiger partial charge in [-0.1, -0.05) is 308 Å². The first-order chi connectivity index (χ1) is 35.0. The van der Waals surface area contributed by atoms with Crippen molar-refractivity contribution in [2.75, 3.05) is 13.2 Å². The first-order valence-electron chi connectivity index (χ1n) is 32.1. The van der Waals surface area contributed by atoms with E-state index in [1.54, 1.807) is 6.08 Å². The van der Waals surface area contributed by atoms with E-state index in [0.29, 0.717) is 19.4 Å². The first kappa shape index (κ1) is 69.3. The summed E-state index contributed by atoms with van der Waals surface area (Å²) >= 11 is 0. The van der Waals surface area contributed by atoms with Gasteiger partial charge in [-0.15, -0.1) is 0 Å². The Bertz CT molecular complexity index is 1110. The van der Waals surface area contributed by atoms with E-state index in [1.165, 1.54) is 289 Å². The molecule has 0 aromatic heterocycles. The monoisotopic (exact) mass is 1000 g/mol. The number of aliphatic hydroxyl groups excluding tert-OH is 2. The normalized spacial score (nSPS) is 12.7. The fourth-order valence-corrected chi connectivity index (χ4v) is 10.0. The van der Waals surface area contributed by atoms with E-state index >= 15 is 0 Å². The second-order valence-electron chi connectivity index (χ2n) is 22.1. The number of allylic oxidation sites excluding steroid dienone is 3. The number of aliphatic hydroxyl groups is 2. The van der Waals surface area contributed by atoms with Crippen LogP contribution in [0.5, 0.6) is 0 Å². The number of hydrogen-bond acceptors (Lipinski definition) is 5. The molecule has 0 aromatic rings. The average molecular weight is 1000 g/mol. The Morgan fingerprint density at radius 2 is 0.662 bits per heavy atom. The average Bonchev–Trinajstić information content (AvgIpc) is 3.37. The third-order valence-electron chi connectivity index (χ3n) is 15.0. The molecule has 6 nitrogen and oxygen atoms in total. The van der Waals surface area contributed by atoms with Gasteiger partial charge in [0.2, 0.25) is 5.91 Å². The minimum atomic E-state index is -0.846. The van der Waals surface area contributed by atoms with Gasteiger partial charge in [0.25, 0.3) is 0 Å². The van der Waals surface area contributed by atoms with Crippen molar-refractivity contribution >= 4 is 11.9 Å². The Morgan fingerprint density at radius 1 is 0.380 bits per heavy atom. The van der Waals surface area contributed by atoms with Crippen LogP contribution in [-0.4, -0.2) is 47.4 Å². The van der Waals surface area contributed by atoms with Gasteiger partial charge in [0.05, 0.1) is 25.4 Å². The highest BCUT2D eigenvalue weighted by Crippen LogP contribution is 2.18. The van der Waals surface area contributed by atoms with Gasteiger partial charge in [-0.2, -0.15) is 0 Å². The largest absolute Gasteiger partial charge is 0.466 e. The molecule has 0 aliphatic heterocycles. The van der Waals surface area contributed by atoms with Gasteiger partial charge >= 0.3 is 5.97 Å². The van der Waals surface area contributed by atoms with Gasteiger partial charge in [0, 0.05) is 12.8 Å². The van der Waals surface area contributed by atoms with E-state index in [4.69, 9.17) is 4.74 Å². The van der Waals surface area contributed by atoms with Gasteiger partial charge in [-0.3, -0.25) is 9.59 Å². The number of rotatable bonds is 60. The number of hydrogen-bond donors (Lipinski definition) is 3. The molecule has 0 saturated carbocycles. The lowest BCUT2D eigenvalue weighted by Gasteiger charge is -2.20. The van der Waals surface area contributed by atoms with Gasteiger partial charge in [0.1, 0.15) is 0 Å². The molecule has 0 rings (SSSR count). The fourth-order valence-electron chi connectivity index (χ4n) is 10.0. The molecule has 0 spiro atoms. The molecule has 2 unspecified atom stereocenters. The van der Waals surface area contributed by atoms with Gasteiger partial charge in [-0.05, 0) is 57.8 Å². The lowest BCUT2D eigenvalue weighted by Crippen LogP contribution is -2.45. The number of amides is 1. The number of ether oxygens (including phenoxy) is 1. The quantitative estimate of drug-likeness (QED) is 0.0320. The predicted molar refractivity (Wildman–Crippen MR) is 310 cm³/mol. The zero-order chi connectivity index (χ0) is 51.4. The molecule has 0 aromatic carbocycles. The third kappa shape index (κ3) is 57.5. The summed E-state index contributed by atoms with van der Waals surface area (Å²) in [4.78, 5) is 24.5. The molecule has 2 atom stereocenters. The summed E-state index contributed by atoms with van der Waals surface area (Å²) < 4.78 is 5.49. The maximum Gasteiger partial charge on any atom is 0.305 e. The summed E-state index contributed by atoms with van der Waals surface area (Å²) in [6, 6.07) is -0.629. The molecule has 0 fully saturated rings. The number of nitrogens with one attached hydrogen (secondary N) is 1. The van der Waals surface area contributed by atoms with E-state index in [2.05, 4.69) is 31.3 Å². The molecule has 3 N–H and O–H groups in total. The highest BCUT2D eigenvalue weighted by molar-refractivity contribution is 5.76. The van der Waals surface area contributed by atoms with Crippen LogP contribution in [0.2, 0.25) is 0 Å². The summed E-state index contributed by atoms with van der Waals surface area (Å²) in [5, 5.41) is 23.1. The Labute approximate surface area is 443 Å². The molecule has 0 saturated heterocycles. The Balaban J connectivity index is 3.40. The molecule has 0 aliphatic carbocycles. The zero-order valence-corrected chi connectivity index (χ0v) is 48.0. The molecule has 420 valence electrons. The van der Waals surface area contributed by atoms with E-state index < -0.39 is 12.1 Å². The number of carbonyl (C=O) groups is 2. The predicted octanol–water partition coefficient (Wildman–Crippen LogP) is 20.2. The van der Waals surface area contributed by atoms with Gasteiger partial charge in [0.15, 0.2) is 0 Å². The van der Waals surface area contributed by atoms with Crippen LogP contribution >= 0.6 is 0 Å². The smallest absolute Gasteiger partial charge is 0.305 e. The highest BCUT2D eigenvalue weighted by atomic mass is 16.5. The van der Waals surface area contributed by atoms with Crippen LogP contribution in [0, 0.1) is 0 Å². The van der Waals surface area contributed by atoms with Gasteiger partial charge < -0.3 is 20.3 Å². The number of esters is 1. The Morgan fingerprint density at radius 3 is 1.00 bits per heavy atom.